The standard InChI is InChI=1S/C21H20N4O2S2/c1-11-7-9-14(10-8-11)25-20(26)17-15-5-4-6-16(15)29-19(17)23-21(25)28-12(2)18-22-13(3)24-27-18/h7-10,12H,4-6H2,1-3H3. The highest BCUT2D eigenvalue weighted by Gasteiger charge is 2.25. The zero-order valence-corrected chi connectivity index (χ0v) is 18.1. The van der Waals surface area contributed by atoms with E-state index in [1.165, 1.54) is 22.2 Å². The van der Waals surface area contributed by atoms with Gasteiger partial charge in [-0.1, -0.05) is 34.6 Å². The summed E-state index contributed by atoms with van der Waals surface area (Å²) in [5.41, 5.74) is 3.18. The summed E-state index contributed by atoms with van der Waals surface area (Å²) in [4.78, 5) is 25.0. The number of rotatable bonds is 4. The summed E-state index contributed by atoms with van der Waals surface area (Å²) in [5, 5.41) is 5.20. The number of aromatic nitrogens is 4. The quantitative estimate of drug-likeness (QED) is 0.346. The van der Waals surface area contributed by atoms with Crippen molar-refractivity contribution >= 4 is 33.3 Å². The van der Waals surface area contributed by atoms with Crippen molar-refractivity contribution in [3.63, 3.8) is 0 Å². The van der Waals surface area contributed by atoms with Gasteiger partial charge in [0, 0.05) is 4.88 Å². The van der Waals surface area contributed by atoms with E-state index in [0.29, 0.717) is 16.9 Å². The molecule has 0 spiro atoms. The minimum Gasteiger partial charge on any atom is -0.338 e. The molecule has 1 aliphatic rings. The third kappa shape index (κ3) is 3.20. The maximum absolute atomic E-state index is 13.6. The molecular formula is C21H20N4O2S2. The number of thiophene rings is 1. The van der Waals surface area contributed by atoms with Crippen molar-refractivity contribution in [3.8, 4) is 5.69 Å². The van der Waals surface area contributed by atoms with Crippen molar-refractivity contribution in [1.29, 1.82) is 0 Å². The molecule has 1 atom stereocenters. The molecule has 6 nitrogen and oxygen atoms in total. The van der Waals surface area contributed by atoms with Gasteiger partial charge in [-0.15, -0.1) is 11.3 Å². The zero-order chi connectivity index (χ0) is 20.1. The molecule has 1 aromatic carbocycles. The Bertz CT molecular complexity index is 1270. The highest BCUT2D eigenvalue weighted by molar-refractivity contribution is 7.99. The second-order valence-electron chi connectivity index (χ2n) is 7.35. The molecule has 3 aromatic heterocycles. The zero-order valence-electron chi connectivity index (χ0n) is 16.4. The van der Waals surface area contributed by atoms with E-state index in [-0.39, 0.29) is 10.8 Å². The first-order chi connectivity index (χ1) is 14.0. The minimum atomic E-state index is -0.121. The molecule has 0 saturated carbocycles. The van der Waals surface area contributed by atoms with Crippen molar-refractivity contribution < 1.29 is 4.52 Å². The van der Waals surface area contributed by atoms with Crippen LogP contribution in [0.15, 0.2) is 38.7 Å². The summed E-state index contributed by atoms with van der Waals surface area (Å²) < 4.78 is 7.07. The first kappa shape index (κ1) is 18.6. The molecule has 29 heavy (non-hydrogen) atoms. The molecule has 1 aliphatic carbocycles. The molecule has 8 heteroatoms. The van der Waals surface area contributed by atoms with Crippen molar-refractivity contribution in [2.24, 2.45) is 0 Å². The Morgan fingerprint density at radius 3 is 2.69 bits per heavy atom. The average Bonchev–Trinajstić information content (AvgIpc) is 3.39. The molecule has 0 bridgehead atoms. The average molecular weight is 425 g/mol. The molecule has 148 valence electrons. The monoisotopic (exact) mass is 424 g/mol. The van der Waals surface area contributed by atoms with E-state index in [0.717, 1.165) is 40.7 Å². The lowest BCUT2D eigenvalue weighted by atomic mass is 10.2. The number of hydrogen-bond donors (Lipinski definition) is 0. The van der Waals surface area contributed by atoms with Crippen LogP contribution in [-0.2, 0) is 12.8 Å². The van der Waals surface area contributed by atoms with Gasteiger partial charge in [-0.2, -0.15) is 4.98 Å². The Morgan fingerprint density at radius 2 is 1.97 bits per heavy atom. The van der Waals surface area contributed by atoms with Crippen LogP contribution in [0.4, 0.5) is 0 Å². The minimum absolute atomic E-state index is 0.00895. The second kappa shape index (κ2) is 7.11. The summed E-state index contributed by atoms with van der Waals surface area (Å²) >= 11 is 3.13. The topological polar surface area (TPSA) is 73.8 Å². The molecule has 0 aliphatic heterocycles. The van der Waals surface area contributed by atoms with E-state index in [9.17, 15) is 4.79 Å². The normalized spacial score (nSPS) is 14.4. The third-order valence-electron chi connectivity index (χ3n) is 5.17. The first-order valence-electron chi connectivity index (χ1n) is 9.62. The van der Waals surface area contributed by atoms with E-state index < -0.39 is 0 Å². The van der Waals surface area contributed by atoms with Gasteiger partial charge in [-0.25, -0.2) is 4.98 Å². The maximum Gasteiger partial charge on any atom is 0.267 e. The predicted molar refractivity (Wildman–Crippen MR) is 115 cm³/mol. The fraction of sp³-hybridized carbons (Fsp3) is 0.333. The van der Waals surface area contributed by atoms with E-state index in [4.69, 9.17) is 9.51 Å². The van der Waals surface area contributed by atoms with Crippen LogP contribution >= 0.6 is 23.1 Å². The van der Waals surface area contributed by atoms with Crippen LogP contribution in [0.5, 0.6) is 0 Å². The van der Waals surface area contributed by atoms with E-state index in [2.05, 4.69) is 10.1 Å². The number of fused-ring (bicyclic) bond motifs is 3. The van der Waals surface area contributed by atoms with Gasteiger partial charge in [0.05, 0.1) is 16.3 Å². The summed E-state index contributed by atoms with van der Waals surface area (Å²) in [5.74, 6) is 1.13. The molecular weight excluding hydrogens is 404 g/mol. The molecule has 1 unspecified atom stereocenters. The smallest absolute Gasteiger partial charge is 0.267 e. The highest BCUT2D eigenvalue weighted by atomic mass is 32.2. The van der Waals surface area contributed by atoms with Gasteiger partial charge in [-0.05, 0) is 57.7 Å². The summed E-state index contributed by atoms with van der Waals surface area (Å²) in [6.45, 7) is 5.82. The van der Waals surface area contributed by atoms with Crippen LogP contribution in [-0.4, -0.2) is 19.7 Å². The van der Waals surface area contributed by atoms with Gasteiger partial charge in [0.2, 0.25) is 5.89 Å². The fourth-order valence-electron chi connectivity index (χ4n) is 3.71. The van der Waals surface area contributed by atoms with Crippen molar-refractivity contribution in [2.75, 3.05) is 0 Å². The Kier molecular flexibility index (Phi) is 4.55. The van der Waals surface area contributed by atoms with Crippen molar-refractivity contribution in [3.05, 3.63) is 62.3 Å². The summed E-state index contributed by atoms with van der Waals surface area (Å²) in [7, 11) is 0. The van der Waals surface area contributed by atoms with Gasteiger partial charge in [0.15, 0.2) is 11.0 Å². The SMILES string of the molecule is Cc1ccc(-n2c(SC(C)c3nc(C)no3)nc3sc4c(c3c2=O)CCC4)cc1. The van der Waals surface area contributed by atoms with Crippen LogP contribution in [0, 0.1) is 13.8 Å². The van der Waals surface area contributed by atoms with E-state index in [1.54, 1.807) is 22.8 Å². The molecule has 4 aromatic rings. The van der Waals surface area contributed by atoms with Crippen LogP contribution in [0.1, 0.15) is 46.3 Å². The molecule has 0 saturated heterocycles. The number of hydrogen-bond acceptors (Lipinski definition) is 7. The Morgan fingerprint density at radius 1 is 1.17 bits per heavy atom. The lowest BCUT2D eigenvalue weighted by molar-refractivity contribution is 0.376. The molecule has 0 N–H and O–H groups in total. The maximum atomic E-state index is 13.6. The highest BCUT2D eigenvalue weighted by Crippen LogP contribution is 2.38. The van der Waals surface area contributed by atoms with E-state index in [1.807, 2.05) is 38.1 Å². The Labute approximate surface area is 176 Å². The number of aryl methyl sites for hydroxylation is 4. The van der Waals surface area contributed by atoms with Crippen molar-refractivity contribution in [1.82, 2.24) is 19.7 Å². The lowest BCUT2D eigenvalue weighted by Gasteiger charge is -2.14. The second-order valence-corrected chi connectivity index (χ2v) is 9.74. The van der Waals surface area contributed by atoms with Crippen LogP contribution in [0.2, 0.25) is 0 Å². The predicted octanol–water partition coefficient (Wildman–Crippen LogP) is 4.79. The number of nitrogens with zero attached hydrogens (tertiary/aromatic N) is 4. The lowest BCUT2D eigenvalue weighted by Crippen LogP contribution is -2.22. The molecule has 3 heterocycles. The van der Waals surface area contributed by atoms with Gasteiger partial charge in [0.25, 0.3) is 5.56 Å². The van der Waals surface area contributed by atoms with Crippen LogP contribution in [0.3, 0.4) is 0 Å². The van der Waals surface area contributed by atoms with Crippen LogP contribution in [0.25, 0.3) is 15.9 Å². The Balaban J connectivity index is 1.70. The Hall–Kier alpha value is -2.45. The van der Waals surface area contributed by atoms with Gasteiger partial charge < -0.3 is 4.52 Å². The van der Waals surface area contributed by atoms with Gasteiger partial charge in [-0.3, -0.25) is 9.36 Å². The largest absolute Gasteiger partial charge is 0.338 e. The molecule has 0 amide bonds. The van der Waals surface area contributed by atoms with Crippen LogP contribution < -0.4 is 5.56 Å². The summed E-state index contributed by atoms with van der Waals surface area (Å²) in [6, 6.07) is 7.98. The van der Waals surface area contributed by atoms with Gasteiger partial charge >= 0.3 is 0 Å². The van der Waals surface area contributed by atoms with Gasteiger partial charge in [0.1, 0.15) is 4.83 Å². The summed E-state index contributed by atoms with van der Waals surface area (Å²) in [6.07, 6.45) is 3.12. The number of thioether (sulfide) groups is 1. The first-order valence-corrected chi connectivity index (χ1v) is 11.3. The van der Waals surface area contributed by atoms with E-state index >= 15 is 0 Å². The third-order valence-corrected chi connectivity index (χ3v) is 7.40. The van der Waals surface area contributed by atoms with Crippen molar-refractivity contribution in [2.45, 2.75) is 50.4 Å². The molecule has 0 fully saturated rings. The molecule has 5 rings (SSSR count). The fourth-order valence-corrected chi connectivity index (χ4v) is 5.97. The molecule has 0 radical (unpaired) electrons. The number of benzene rings is 1.